The van der Waals surface area contributed by atoms with E-state index in [0.29, 0.717) is 11.9 Å². The summed E-state index contributed by atoms with van der Waals surface area (Å²) in [5, 5.41) is 8.78. The molecule has 4 heterocycles. The smallest absolute Gasteiger partial charge is 0.168 e. The Bertz CT molecular complexity index is 1390. The lowest BCUT2D eigenvalue weighted by molar-refractivity contribution is 0.0982. The summed E-state index contributed by atoms with van der Waals surface area (Å²) >= 11 is 0. The van der Waals surface area contributed by atoms with Crippen molar-refractivity contribution in [3.63, 3.8) is 0 Å². The van der Waals surface area contributed by atoms with Crippen LogP contribution in [0.15, 0.2) is 55.0 Å². The molecule has 192 valence electrons. The van der Waals surface area contributed by atoms with Crippen molar-refractivity contribution in [1.82, 2.24) is 29.5 Å². The third kappa shape index (κ3) is 4.89. The van der Waals surface area contributed by atoms with Crippen LogP contribution in [0, 0.1) is 12.7 Å². The van der Waals surface area contributed by atoms with Crippen LogP contribution in [0.2, 0.25) is 0 Å². The molecule has 1 N–H and O–H groups in total. The number of aryl methyl sites for hydroxylation is 1. The summed E-state index contributed by atoms with van der Waals surface area (Å²) in [6, 6.07) is 13.9. The number of likely N-dealkylation sites (N-methyl/N-ethyl adjacent to an activating group) is 1. The van der Waals surface area contributed by atoms with Gasteiger partial charge in [0.05, 0.1) is 17.3 Å². The summed E-state index contributed by atoms with van der Waals surface area (Å²) in [4.78, 5) is 16.6. The highest BCUT2D eigenvalue weighted by Gasteiger charge is 2.27. The number of rotatable bonds is 5. The van der Waals surface area contributed by atoms with E-state index < -0.39 is 0 Å². The van der Waals surface area contributed by atoms with Crippen molar-refractivity contribution in [2.24, 2.45) is 0 Å². The molecule has 6 rings (SSSR count). The van der Waals surface area contributed by atoms with Crippen molar-refractivity contribution in [2.45, 2.75) is 25.8 Å². The highest BCUT2D eigenvalue weighted by Crippen LogP contribution is 2.29. The van der Waals surface area contributed by atoms with E-state index >= 15 is 0 Å². The zero-order valence-electron chi connectivity index (χ0n) is 21.4. The first kappa shape index (κ1) is 23.8. The monoisotopic (exact) mass is 500 g/mol. The van der Waals surface area contributed by atoms with E-state index in [1.165, 1.54) is 63.2 Å². The summed E-state index contributed by atoms with van der Waals surface area (Å²) in [7, 11) is 2.21. The lowest BCUT2D eigenvalue weighted by Crippen LogP contribution is -2.52. The Morgan fingerprint density at radius 3 is 2.49 bits per heavy atom. The van der Waals surface area contributed by atoms with Gasteiger partial charge in [0.2, 0.25) is 0 Å². The number of piperazine rings is 1. The van der Waals surface area contributed by atoms with Gasteiger partial charge in [-0.15, -0.1) is 0 Å². The Hall–Kier alpha value is -3.56. The molecule has 0 bridgehead atoms. The lowest BCUT2D eigenvalue weighted by Gasteiger charge is -2.42. The van der Waals surface area contributed by atoms with Crippen molar-refractivity contribution in [1.29, 1.82) is 0 Å². The van der Waals surface area contributed by atoms with Gasteiger partial charge in [0.1, 0.15) is 18.0 Å². The number of aromatic nitrogens is 4. The molecule has 2 aromatic carbocycles. The predicted octanol–water partition coefficient (Wildman–Crippen LogP) is 4.22. The van der Waals surface area contributed by atoms with Crippen LogP contribution < -0.4 is 10.2 Å². The minimum atomic E-state index is -0.257. The number of halogens is 1. The fraction of sp³-hybridized carbons (Fsp3) is 0.393. The van der Waals surface area contributed by atoms with Gasteiger partial charge in [-0.05, 0) is 68.8 Å². The van der Waals surface area contributed by atoms with Gasteiger partial charge in [0.15, 0.2) is 5.65 Å². The van der Waals surface area contributed by atoms with Crippen molar-refractivity contribution in [3.8, 4) is 5.69 Å². The molecule has 0 amide bonds. The molecule has 9 heteroatoms. The Kier molecular flexibility index (Phi) is 6.48. The number of piperidine rings is 1. The average Bonchev–Trinajstić information content (AvgIpc) is 3.36. The number of fused-ring (bicyclic) bond motifs is 1. The predicted molar refractivity (Wildman–Crippen MR) is 145 cm³/mol. The average molecular weight is 501 g/mol. The first-order valence-electron chi connectivity index (χ1n) is 13.0. The number of anilines is 3. The van der Waals surface area contributed by atoms with Gasteiger partial charge in [-0.3, -0.25) is 4.90 Å². The van der Waals surface area contributed by atoms with Crippen LogP contribution in [-0.2, 0) is 0 Å². The molecule has 2 aromatic heterocycles. The van der Waals surface area contributed by atoms with Crippen LogP contribution in [0.4, 0.5) is 21.6 Å². The molecular formula is C28H33FN8. The molecule has 8 nitrogen and oxygen atoms in total. The second-order valence-corrected chi connectivity index (χ2v) is 10.2. The second-order valence-electron chi connectivity index (χ2n) is 10.2. The highest BCUT2D eigenvalue weighted by molar-refractivity contribution is 5.89. The maximum atomic E-state index is 13.5. The van der Waals surface area contributed by atoms with Gasteiger partial charge in [-0.2, -0.15) is 5.10 Å². The van der Waals surface area contributed by atoms with Gasteiger partial charge < -0.3 is 15.1 Å². The molecule has 0 aliphatic carbocycles. The summed E-state index contributed by atoms with van der Waals surface area (Å²) in [6.07, 6.45) is 5.72. The third-order valence-electron chi connectivity index (χ3n) is 7.77. The zero-order valence-corrected chi connectivity index (χ0v) is 21.4. The second kappa shape index (κ2) is 10.1. The van der Waals surface area contributed by atoms with Crippen molar-refractivity contribution in [3.05, 3.63) is 66.4 Å². The molecule has 0 atom stereocenters. The van der Waals surface area contributed by atoms with Crippen LogP contribution in [0.5, 0.6) is 0 Å². The highest BCUT2D eigenvalue weighted by atomic mass is 19.1. The SMILES string of the molecule is Cc1cc(F)ccc1Nc1ncnc2c1cnn2-c1cccc(N2CCC(N3CCN(C)CC3)CC2)c1. The fourth-order valence-corrected chi connectivity index (χ4v) is 5.53. The van der Waals surface area contributed by atoms with Crippen LogP contribution >= 0.6 is 0 Å². The Morgan fingerprint density at radius 1 is 0.919 bits per heavy atom. The van der Waals surface area contributed by atoms with E-state index in [1.54, 1.807) is 12.3 Å². The Morgan fingerprint density at radius 2 is 1.70 bits per heavy atom. The van der Waals surface area contributed by atoms with Crippen molar-refractivity contribution < 1.29 is 4.39 Å². The number of hydrogen-bond donors (Lipinski definition) is 1. The van der Waals surface area contributed by atoms with Crippen LogP contribution in [-0.4, -0.2) is 81.9 Å². The van der Waals surface area contributed by atoms with Crippen LogP contribution in [0.1, 0.15) is 18.4 Å². The van der Waals surface area contributed by atoms with E-state index in [1.807, 2.05) is 11.6 Å². The van der Waals surface area contributed by atoms with Crippen LogP contribution in [0.3, 0.4) is 0 Å². The van der Waals surface area contributed by atoms with Crippen LogP contribution in [0.25, 0.3) is 16.7 Å². The standard InChI is InChI=1S/C28H33FN8/c1-20-16-21(29)6-7-26(20)33-27-25-18-32-37(28(25)31-19-30-27)24-5-3-4-23(17-24)35-10-8-22(9-11-35)36-14-12-34(2)13-15-36/h3-7,16-19,22H,8-15H2,1-2H3,(H,30,31,33). The number of benzene rings is 2. The third-order valence-corrected chi connectivity index (χ3v) is 7.77. The maximum Gasteiger partial charge on any atom is 0.168 e. The zero-order chi connectivity index (χ0) is 25.4. The quantitative estimate of drug-likeness (QED) is 0.440. The molecule has 37 heavy (non-hydrogen) atoms. The molecule has 2 saturated heterocycles. The Balaban J connectivity index is 1.20. The van der Waals surface area contributed by atoms with Gasteiger partial charge >= 0.3 is 0 Å². The lowest BCUT2D eigenvalue weighted by atomic mass is 10.0. The summed E-state index contributed by atoms with van der Waals surface area (Å²) in [6.45, 7) is 8.70. The van der Waals surface area contributed by atoms with E-state index in [-0.39, 0.29) is 5.82 Å². The molecule has 4 aromatic rings. The van der Waals surface area contributed by atoms with E-state index in [0.717, 1.165) is 41.1 Å². The first-order chi connectivity index (χ1) is 18.0. The van der Waals surface area contributed by atoms with Gasteiger partial charge in [-0.1, -0.05) is 6.07 Å². The molecule has 0 saturated carbocycles. The van der Waals surface area contributed by atoms with Crippen molar-refractivity contribution >= 4 is 28.2 Å². The van der Waals surface area contributed by atoms with Gasteiger partial charge in [0, 0.05) is 56.7 Å². The first-order valence-corrected chi connectivity index (χ1v) is 13.0. The normalized spacial score (nSPS) is 18.0. The Labute approximate surface area is 216 Å². The van der Waals surface area contributed by atoms with E-state index in [4.69, 9.17) is 0 Å². The number of nitrogens with one attached hydrogen (secondary N) is 1. The topological polar surface area (TPSA) is 65.4 Å². The maximum absolute atomic E-state index is 13.5. The summed E-state index contributed by atoms with van der Waals surface area (Å²) in [5.74, 6) is 0.389. The minimum absolute atomic E-state index is 0.257. The largest absolute Gasteiger partial charge is 0.371 e. The van der Waals surface area contributed by atoms with Gasteiger partial charge in [-0.25, -0.2) is 19.0 Å². The van der Waals surface area contributed by atoms with E-state index in [9.17, 15) is 4.39 Å². The van der Waals surface area contributed by atoms with Crippen molar-refractivity contribution in [2.75, 3.05) is 56.5 Å². The fourth-order valence-electron chi connectivity index (χ4n) is 5.53. The summed E-state index contributed by atoms with van der Waals surface area (Å²) < 4.78 is 15.4. The molecule has 0 unspecified atom stereocenters. The molecule has 0 spiro atoms. The number of nitrogens with zero attached hydrogens (tertiary/aromatic N) is 7. The number of hydrogen-bond acceptors (Lipinski definition) is 7. The van der Waals surface area contributed by atoms with Gasteiger partial charge in [0.25, 0.3) is 0 Å². The molecular weight excluding hydrogens is 467 g/mol. The summed E-state index contributed by atoms with van der Waals surface area (Å²) in [5.41, 5.74) is 4.52. The molecule has 2 aliphatic rings. The molecule has 2 aliphatic heterocycles. The minimum Gasteiger partial charge on any atom is -0.371 e. The molecule has 2 fully saturated rings. The molecule has 0 radical (unpaired) electrons. The van der Waals surface area contributed by atoms with E-state index in [2.05, 4.69) is 66.4 Å².